The lowest BCUT2D eigenvalue weighted by atomic mass is 10.00. The van der Waals surface area contributed by atoms with Crippen molar-refractivity contribution in [3.63, 3.8) is 0 Å². The van der Waals surface area contributed by atoms with Gasteiger partial charge in [-0.05, 0) is 43.1 Å². The van der Waals surface area contributed by atoms with Crippen molar-refractivity contribution in [1.82, 2.24) is 10.2 Å². The first-order valence-electron chi connectivity index (χ1n) is 10.0. The molecule has 1 N–H and O–H groups in total. The fraction of sp³-hybridized carbons (Fsp3) is 0.619. The van der Waals surface area contributed by atoms with Crippen molar-refractivity contribution >= 4 is 35.2 Å². The standard InChI is InChI=1S/C21H29ClN2O3S/c1-14(2)19(23-20(25)17-7-3-4-8-18(17)22)21(26)24(15-9-11-28-13-15)12-16-6-5-10-27-16/h3-4,7-8,14-16,19H,5-6,9-13H2,1-2H3,(H,23,25). The third-order valence-corrected chi connectivity index (χ3v) is 6.87. The van der Waals surface area contributed by atoms with Crippen molar-refractivity contribution in [2.24, 2.45) is 5.92 Å². The number of thioether (sulfide) groups is 1. The summed E-state index contributed by atoms with van der Waals surface area (Å²) in [5.74, 6) is 1.66. The average molecular weight is 425 g/mol. The summed E-state index contributed by atoms with van der Waals surface area (Å²) in [7, 11) is 0. The van der Waals surface area contributed by atoms with Crippen LogP contribution in [0, 0.1) is 5.92 Å². The van der Waals surface area contributed by atoms with Gasteiger partial charge in [0.25, 0.3) is 5.91 Å². The molecule has 5 nitrogen and oxygen atoms in total. The Labute approximate surface area is 176 Å². The third kappa shape index (κ3) is 5.22. The van der Waals surface area contributed by atoms with Gasteiger partial charge >= 0.3 is 0 Å². The molecular weight excluding hydrogens is 396 g/mol. The lowest BCUT2D eigenvalue weighted by molar-refractivity contribution is -0.138. The first-order valence-corrected chi connectivity index (χ1v) is 11.6. The smallest absolute Gasteiger partial charge is 0.253 e. The van der Waals surface area contributed by atoms with Gasteiger partial charge in [-0.1, -0.05) is 37.6 Å². The monoisotopic (exact) mass is 424 g/mol. The van der Waals surface area contributed by atoms with Crippen molar-refractivity contribution in [2.75, 3.05) is 24.7 Å². The van der Waals surface area contributed by atoms with Gasteiger partial charge in [0.1, 0.15) is 6.04 Å². The second-order valence-electron chi connectivity index (χ2n) is 7.82. The molecule has 2 fully saturated rings. The van der Waals surface area contributed by atoms with Crippen LogP contribution in [0.15, 0.2) is 24.3 Å². The molecule has 3 rings (SSSR count). The van der Waals surface area contributed by atoms with Gasteiger partial charge in [-0.25, -0.2) is 0 Å². The molecule has 1 aromatic rings. The summed E-state index contributed by atoms with van der Waals surface area (Å²) in [5.41, 5.74) is 0.393. The van der Waals surface area contributed by atoms with E-state index in [2.05, 4.69) is 5.32 Å². The van der Waals surface area contributed by atoms with Gasteiger partial charge in [0, 0.05) is 24.9 Å². The van der Waals surface area contributed by atoms with Crippen LogP contribution < -0.4 is 5.32 Å². The Bertz CT molecular complexity index is 688. The highest BCUT2D eigenvalue weighted by Crippen LogP contribution is 2.26. The molecular formula is C21H29ClN2O3S. The lowest BCUT2D eigenvalue weighted by Crippen LogP contribution is -2.55. The first kappa shape index (κ1) is 21.5. The zero-order valence-corrected chi connectivity index (χ0v) is 18.1. The largest absolute Gasteiger partial charge is 0.376 e. The second-order valence-corrected chi connectivity index (χ2v) is 9.38. The quantitative estimate of drug-likeness (QED) is 0.726. The van der Waals surface area contributed by atoms with Crippen LogP contribution in [0.1, 0.15) is 43.5 Å². The van der Waals surface area contributed by atoms with E-state index in [0.717, 1.165) is 37.4 Å². The number of carbonyl (C=O) groups excluding carboxylic acids is 2. The molecule has 1 aromatic carbocycles. The van der Waals surface area contributed by atoms with Gasteiger partial charge in [-0.3, -0.25) is 9.59 Å². The topological polar surface area (TPSA) is 58.6 Å². The van der Waals surface area contributed by atoms with Crippen molar-refractivity contribution in [2.45, 2.75) is 51.3 Å². The highest BCUT2D eigenvalue weighted by atomic mass is 35.5. The summed E-state index contributed by atoms with van der Waals surface area (Å²) in [6, 6.07) is 6.54. The van der Waals surface area contributed by atoms with Crippen LogP contribution in [0.5, 0.6) is 0 Å². The van der Waals surface area contributed by atoms with E-state index in [1.54, 1.807) is 24.3 Å². The predicted octanol–water partition coefficient (Wildman–Crippen LogP) is 3.61. The van der Waals surface area contributed by atoms with E-state index in [1.165, 1.54) is 0 Å². The average Bonchev–Trinajstić information content (AvgIpc) is 3.37. The van der Waals surface area contributed by atoms with Crippen LogP contribution in [-0.4, -0.2) is 59.6 Å². The van der Waals surface area contributed by atoms with Gasteiger partial charge < -0.3 is 15.0 Å². The van der Waals surface area contributed by atoms with E-state index in [-0.39, 0.29) is 29.9 Å². The number of hydrogen-bond donors (Lipinski definition) is 1. The Balaban J connectivity index is 1.76. The lowest BCUT2D eigenvalue weighted by Gasteiger charge is -2.35. The molecule has 0 radical (unpaired) electrons. The highest BCUT2D eigenvalue weighted by Gasteiger charge is 2.36. The number of benzene rings is 1. The third-order valence-electron chi connectivity index (χ3n) is 5.39. The SMILES string of the molecule is CC(C)C(NC(=O)c1ccccc1Cl)C(=O)N(CC1CCCO1)C1CCSC1. The summed E-state index contributed by atoms with van der Waals surface area (Å²) in [6.07, 6.45) is 3.12. The maximum absolute atomic E-state index is 13.5. The van der Waals surface area contributed by atoms with Crippen molar-refractivity contribution in [1.29, 1.82) is 0 Å². The molecule has 0 saturated carbocycles. The Morgan fingerprint density at radius 1 is 1.32 bits per heavy atom. The predicted molar refractivity (Wildman–Crippen MR) is 114 cm³/mol. The normalized spacial score (nSPS) is 23.0. The van der Waals surface area contributed by atoms with Crippen LogP contribution >= 0.6 is 23.4 Å². The molecule has 3 unspecified atom stereocenters. The Hall–Kier alpha value is -1.24. The molecule has 0 bridgehead atoms. The van der Waals surface area contributed by atoms with Gasteiger partial charge in [-0.2, -0.15) is 11.8 Å². The fourth-order valence-corrected chi connectivity index (χ4v) is 5.20. The van der Waals surface area contributed by atoms with Gasteiger partial charge in [-0.15, -0.1) is 0 Å². The van der Waals surface area contributed by atoms with E-state index >= 15 is 0 Å². The maximum atomic E-state index is 13.5. The minimum atomic E-state index is -0.587. The molecule has 2 amide bonds. The molecule has 2 aliphatic rings. The molecule has 0 aromatic heterocycles. The van der Waals surface area contributed by atoms with Gasteiger partial charge in [0.05, 0.1) is 16.7 Å². The number of halogens is 1. The summed E-state index contributed by atoms with van der Waals surface area (Å²) in [6.45, 7) is 5.30. The first-order chi connectivity index (χ1) is 13.5. The Kier molecular flexibility index (Phi) is 7.66. The number of hydrogen-bond acceptors (Lipinski definition) is 4. The molecule has 2 saturated heterocycles. The van der Waals surface area contributed by atoms with Crippen LogP contribution in [0.25, 0.3) is 0 Å². The van der Waals surface area contributed by atoms with Crippen LogP contribution in [0.4, 0.5) is 0 Å². The number of nitrogens with one attached hydrogen (secondary N) is 1. The summed E-state index contributed by atoms with van der Waals surface area (Å²) >= 11 is 8.04. The van der Waals surface area contributed by atoms with Crippen molar-refractivity contribution < 1.29 is 14.3 Å². The zero-order valence-electron chi connectivity index (χ0n) is 16.5. The second kappa shape index (κ2) is 9.99. The molecule has 0 aliphatic carbocycles. The highest BCUT2D eigenvalue weighted by molar-refractivity contribution is 7.99. The van der Waals surface area contributed by atoms with Crippen molar-refractivity contribution in [3.05, 3.63) is 34.9 Å². The number of amides is 2. The van der Waals surface area contributed by atoms with Gasteiger partial charge in [0.15, 0.2) is 0 Å². The Morgan fingerprint density at radius 2 is 2.11 bits per heavy atom. The fourth-order valence-electron chi connectivity index (χ4n) is 3.75. The Morgan fingerprint density at radius 3 is 2.71 bits per heavy atom. The van der Waals surface area contributed by atoms with Gasteiger partial charge in [0.2, 0.25) is 5.91 Å². The molecule has 2 aliphatic heterocycles. The number of ether oxygens (including phenoxy) is 1. The van der Waals surface area contributed by atoms with E-state index < -0.39 is 6.04 Å². The van der Waals surface area contributed by atoms with E-state index in [9.17, 15) is 9.59 Å². The number of nitrogens with zero attached hydrogens (tertiary/aromatic N) is 1. The molecule has 2 heterocycles. The van der Waals surface area contributed by atoms with Crippen LogP contribution in [0.3, 0.4) is 0 Å². The van der Waals surface area contributed by atoms with Crippen molar-refractivity contribution in [3.8, 4) is 0 Å². The number of carbonyl (C=O) groups is 2. The molecule has 28 heavy (non-hydrogen) atoms. The van der Waals surface area contributed by atoms with E-state index in [1.807, 2.05) is 30.5 Å². The summed E-state index contributed by atoms with van der Waals surface area (Å²) in [5, 5.41) is 3.33. The molecule has 3 atom stereocenters. The minimum Gasteiger partial charge on any atom is -0.376 e. The van der Waals surface area contributed by atoms with Crippen LogP contribution in [-0.2, 0) is 9.53 Å². The maximum Gasteiger partial charge on any atom is 0.253 e. The van der Waals surface area contributed by atoms with E-state index in [0.29, 0.717) is 17.1 Å². The summed E-state index contributed by atoms with van der Waals surface area (Å²) < 4.78 is 5.79. The molecule has 7 heteroatoms. The van der Waals surface area contributed by atoms with Crippen LogP contribution in [0.2, 0.25) is 5.02 Å². The number of rotatable bonds is 7. The molecule has 0 spiro atoms. The minimum absolute atomic E-state index is 0.0154. The van der Waals surface area contributed by atoms with E-state index in [4.69, 9.17) is 16.3 Å². The summed E-state index contributed by atoms with van der Waals surface area (Å²) in [4.78, 5) is 28.3. The molecule has 154 valence electrons. The zero-order chi connectivity index (χ0) is 20.1.